The molecule has 0 aliphatic rings. The maximum absolute atomic E-state index is 8.89. The second kappa shape index (κ2) is 3.31. The minimum absolute atomic E-state index is 1.51. The Labute approximate surface area is 59.1 Å². The molecule has 0 bridgehead atoms. The van der Waals surface area contributed by atoms with Gasteiger partial charge in [-0.1, -0.05) is 5.70 Å². The Balaban J connectivity index is 3.71. The Morgan fingerprint density at radius 3 is 2.22 bits per heavy atom. The summed E-state index contributed by atoms with van der Waals surface area (Å²) in [6.07, 6.45) is 0. The van der Waals surface area contributed by atoms with E-state index in [1.165, 1.54) is 0 Å². The summed E-state index contributed by atoms with van der Waals surface area (Å²) in [5.41, 5.74) is 1.82. The van der Waals surface area contributed by atoms with Gasteiger partial charge < -0.3 is 8.91 Å². The summed E-state index contributed by atoms with van der Waals surface area (Å²) in [5.74, 6) is 0. The first-order valence-corrected chi connectivity index (χ1v) is 7.67. The van der Waals surface area contributed by atoms with Gasteiger partial charge in [0.2, 0.25) is 0 Å². The molecule has 0 saturated carbocycles. The minimum Gasteiger partial charge on any atom is -0.432 e. The molecule has 0 aliphatic carbocycles. The smallest absolute Gasteiger partial charge is 0.367 e. The summed E-state index contributed by atoms with van der Waals surface area (Å²) in [7, 11) is -3.19. The van der Waals surface area contributed by atoms with E-state index >= 15 is 0 Å². The Morgan fingerprint density at radius 2 is 2.11 bits per heavy atom. The van der Waals surface area contributed by atoms with E-state index in [4.69, 9.17) is 8.91 Å². The van der Waals surface area contributed by atoms with Gasteiger partial charge >= 0.3 is 9.28 Å². The molecule has 4 heteroatoms. The summed E-state index contributed by atoms with van der Waals surface area (Å²) in [5, 5.41) is 0. The third kappa shape index (κ3) is 4.59. The predicted molar refractivity (Wildman–Crippen MR) is 42.6 cm³/mol. The van der Waals surface area contributed by atoms with Crippen molar-refractivity contribution in [1.82, 2.24) is 0 Å². The molecule has 1 radical (unpaired) electrons. The van der Waals surface area contributed by atoms with E-state index in [9.17, 15) is 0 Å². The van der Waals surface area contributed by atoms with Gasteiger partial charge in [0.25, 0.3) is 0 Å². The first-order chi connectivity index (χ1) is 3.98. The molecule has 2 nitrogen and oxygen atoms in total. The molecule has 0 heterocycles. The quantitative estimate of drug-likeness (QED) is 0.627. The third-order valence-corrected chi connectivity index (χ3v) is 5.17. The molecule has 9 heavy (non-hydrogen) atoms. The van der Waals surface area contributed by atoms with Gasteiger partial charge in [0.15, 0.2) is 8.32 Å². The average molecular weight is 161 g/mol. The van der Waals surface area contributed by atoms with Crippen molar-refractivity contribution in [3.63, 3.8) is 0 Å². The zero-order valence-electron chi connectivity index (χ0n) is 6.14. The zero-order chi connectivity index (χ0) is 7.49. The first kappa shape index (κ1) is 9.09. The number of rotatable bonds is 3. The van der Waals surface area contributed by atoms with Crippen molar-refractivity contribution in [3.8, 4) is 0 Å². The topological polar surface area (TPSA) is 29.5 Å². The van der Waals surface area contributed by atoms with Crippen molar-refractivity contribution in [2.24, 2.45) is 0 Å². The summed E-state index contributed by atoms with van der Waals surface area (Å²) in [6.45, 7) is 9.35. The predicted octanol–water partition coefficient (Wildman–Crippen LogP) is 1.04. The highest BCUT2D eigenvalue weighted by molar-refractivity contribution is 6.80. The molecule has 53 valence electrons. The minimum atomic E-state index is -1.68. The summed E-state index contributed by atoms with van der Waals surface area (Å²) in [4.78, 5) is 8.89. The van der Waals surface area contributed by atoms with Crippen molar-refractivity contribution in [2.75, 3.05) is 0 Å². The van der Waals surface area contributed by atoms with E-state index in [0.29, 0.717) is 0 Å². The van der Waals surface area contributed by atoms with Crippen LogP contribution in [-0.4, -0.2) is 22.4 Å². The van der Waals surface area contributed by atoms with Gasteiger partial charge in [0, 0.05) is 0 Å². The van der Waals surface area contributed by atoms with E-state index in [0.717, 1.165) is 0 Å². The molecular weight excluding hydrogens is 148 g/mol. The Morgan fingerprint density at radius 1 is 1.67 bits per heavy atom. The fraction of sp³-hybridized carbons (Fsp3) is 0.600. The van der Waals surface area contributed by atoms with Crippen LogP contribution in [0, 0.1) is 0 Å². The Kier molecular flexibility index (Phi) is 3.34. The SMILES string of the molecule is C=C[Si](C)(C)O[Si](C)O. The second-order valence-electron chi connectivity index (χ2n) is 2.43. The Bertz CT molecular complexity index is 101. The molecule has 0 rings (SSSR count). The fourth-order valence-electron chi connectivity index (χ4n) is 0.422. The molecule has 0 atom stereocenters. The highest BCUT2D eigenvalue weighted by Gasteiger charge is 2.20. The maximum atomic E-state index is 8.89. The normalized spacial score (nSPS) is 12.1. The van der Waals surface area contributed by atoms with Crippen molar-refractivity contribution in [2.45, 2.75) is 19.6 Å². The van der Waals surface area contributed by atoms with Crippen LogP contribution >= 0.6 is 0 Å². The van der Waals surface area contributed by atoms with Gasteiger partial charge in [-0.25, -0.2) is 0 Å². The lowest BCUT2D eigenvalue weighted by molar-refractivity contribution is 0.425. The van der Waals surface area contributed by atoms with Gasteiger partial charge in [0.05, 0.1) is 0 Å². The lowest BCUT2D eigenvalue weighted by atomic mass is 11.3. The van der Waals surface area contributed by atoms with E-state index in [1.54, 1.807) is 6.55 Å². The van der Waals surface area contributed by atoms with E-state index in [-0.39, 0.29) is 0 Å². The number of hydrogen-bond acceptors (Lipinski definition) is 2. The molecule has 0 fully saturated rings. The molecule has 0 spiro atoms. The Hall–Kier alpha value is 0.0938. The maximum Gasteiger partial charge on any atom is 0.367 e. The van der Waals surface area contributed by atoms with Crippen LogP contribution in [0.15, 0.2) is 12.3 Å². The van der Waals surface area contributed by atoms with Crippen LogP contribution in [0.1, 0.15) is 0 Å². The summed E-state index contributed by atoms with van der Waals surface area (Å²) in [6, 6.07) is 0. The van der Waals surface area contributed by atoms with Crippen LogP contribution < -0.4 is 0 Å². The molecule has 1 N–H and O–H groups in total. The van der Waals surface area contributed by atoms with Crippen LogP contribution in [0.25, 0.3) is 0 Å². The average Bonchev–Trinajstić information content (AvgIpc) is 1.63. The molecule has 0 aromatic carbocycles. The van der Waals surface area contributed by atoms with Gasteiger partial charge in [-0.15, -0.1) is 6.58 Å². The largest absolute Gasteiger partial charge is 0.432 e. The first-order valence-electron chi connectivity index (χ1n) is 2.83. The second-order valence-corrected chi connectivity index (χ2v) is 7.90. The van der Waals surface area contributed by atoms with Gasteiger partial charge in [-0.2, -0.15) is 0 Å². The molecular formula is C5H13O2Si2. The van der Waals surface area contributed by atoms with Crippen LogP contribution in [0.4, 0.5) is 0 Å². The molecule has 0 aliphatic heterocycles. The lowest BCUT2D eigenvalue weighted by Gasteiger charge is -2.18. The van der Waals surface area contributed by atoms with Crippen molar-refractivity contribution in [1.29, 1.82) is 0 Å². The fourth-order valence-corrected chi connectivity index (χ4v) is 3.80. The van der Waals surface area contributed by atoms with Crippen molar-refractivity contribution in [3.05, 3.63) is 12.3 Å². The summed E-state index contributed by atoms with van der Waals surface area (Å²) >= 11 is 0. The van der Waals surface area contributed by atoms with Gasteiger partial charge in [-0.05, 0) is 19.6 Å². The number of hydrogen-bond donors (Lipinski definition) is 1. The van der Waals surface area contributed by atoms with Gasteiger partial charge in [-0.3, -0.25) is 0 Å². The third-order valence-electron chi connectivity index (χ3n) is 0.902. The van der Waals surface area contributed by atoms with E-state index in [1.807, 2.05) is 18.8 Å². The van der Waals surface area contributed by atoms with Crippen LogP contribution in [-0.2, 0) is 4.12 Å². The molecule has 0 aromatic heterocycles. The monoisotopic (exact) mass is 161 g/mol. The van der Waals surface area contributed by atoms with E-state index in [2.05, 4.69) is 6.58 Å². The van der Waals surface area contributed by atoms with Crippen molar-refractivity contribution < 1.29 is 8.91 Å². The molecule has 0 aromatic rings. The highest BCUT2D eigenvalue weighted by atomic mass is 28.4. The van der Waals surface area contributed by atoms with Crippen LogP contribution in [0.2, 0.25) is 19.6 Å². The molecule has 0 unspecified atom stereocenters. The van der Waals surface area contributed by atoms with Crippen LogP contribution in [0.5, 0.6) is 0 Å². The zero-order valence-corrected chi connectivity index (χ0v) is 8.14. The molecule has 0 amide bonds. The lowest BCUT2D eigenvalue weighted by Crippen LogP contribution is -2.34. The van der Waals surface area contributed by atoms with Gasteiger partial charge in [0.1, 0.15) is 0 Å². The van der Waals surface area contributed by atoms with Crippen LogP contribution in [0.3, 0.4) is 0 Å². The van der Waals surface area contributed by atoms with Crippen molar-refractivity contribution >= 4 is 17.6 Å². The highest BCUT2D eigenvalue weighted by Crippen LogP contribution is 2.04. The molecule has 0 saturated heterocycles. The van der Waals surface area contributed by atoms with E-state index < -0.39 is 17.6 Å². The summed E-state index contributed by atoms with van der Waals surface area (Å²) < 4.78 is 5.27. The standard InChI is InChI=1S/C5H13O2Si2/c1-5-9(3,4)7-8(2)6/h5-6H,1H2,2-4H3.